The molecule has 0 aliphatic heterocycles. The third kappa shape index (κ3) is 1.82. The van der Waals surface area contributed by atoms with Crippen LogP contribution in [-0.4, -0.2) is 25.1 Å². The predicted octanol–water partition coefficient (Wildman–Crippen LogP) is 3.02. The molecule has 2 unspecified atom stereocenters. The van der Waals surface area contributed by atoms with Gasteiger partial charge >= 0.3 is 0 Å². The molecule has 0 saturated heterocycles. The van der Waals surface area contributed by atoms with Gasteiger partial charge in [0.05, 0.1) is 7.11 Å². The number of hydroxylamine groups is 2. The predicted molar refractivity (Wildman–Crippen MR) is 72.5 cm³/mol. The van der Waals surface area contributed by atoms with Crippen molar-refractivity contribution in [3.63, 3.8) is 0 Å². The lowest BCUT2D eigenvalue weighted by Crippen LogP contribution is -2.27. The molecule has 0 spiro atoms. The van der Waals surface area contributed by atoms with Crippen LogP contribution in [0.15, 0.2) is 29.6 Å². The molecule has 1 saturated carbocycles. The maximum Gasteiger partial charge on any atom is 0.249 e. The summed E-state index contributed by atoms with van der Waals surface area (Å²) >= 11 is 1.75. The lowest BCUT2D eigenvalue weighted by molar-refractivity contribution is -0.170. The monoisotopic (exact) mass is 261 g/mol. The van der Waals surface area contributed by atoms with Crippen LogP contribution in [0.5, 0.6) is 0 Å². The molecule has 1 fully saturated rings. The summed E-state index contributed by atoms with van der Waals surface area (Å²) < 4.78 is 1.30. The summed E-state index contributed by atoms with van der Waals surface area (Å²) in [5.41, 5.74) is 1.32. The zero-order valence-corrected chi connectivity index (χ0v) is 11.2. The van der Waals surface area contributed by atoms with Gasteiger partial charge in [0.2, 0.25) is 5.91 Å². The van der Waals surface area contributed by atoms with Gasteiger partial charge in [-0.05, 0) is 34.7 Å². The Morgan fingerprint density at radius 3 is 3.00 bits per heavy atom. The number of hydrogen-bond acceptors (Lipinski definition) is 3. The molecule has 0 bridgehead atoms. The van der Waals surface area contributed by atoms with Crippen molar-refractivity contribution in [3.05, 3.63) is 35.2 Å². The van der Waals surface area contributed by atoms with Gasteiger partial charge in [-0.3, -0.25) is 9.63 Å². The molecule has 0 N–H and O–H groups in total. The van der Waals surface area contributed by atoms with Crippen molar-refractivity contribution in [2.75, 3.05) is 14.2 Å². The van der Waals surface area contributed by atoms with Crippen molar-refractivity contribution in [1.82, 2.24) is 5.06 Å². The van der Waals surface area contributed by atoms with Crippen molar-refractivity contribution in [2.45, 2.75) is 12.3 Å². The molecule has 1 aliphatic rings. The maximum absolute atomic E-state index is 12.0. The summed E-state index contributed by atoms with van der Waals surface area (Å²) in [6, 6.07) is 8.38. The van der Waals surface area contributed by atoms with Crippen LogP contribution in [0, 0.1) is 5.92 Å². The second kappa shape index (κ2) is 4.37. The van der Waals surface area contributed by atoms with Crippen LogP contribution in [0.3, 0.4) is 0 Å². The summed E-state index contributed by atoms with van der Waals surface area (Å²) in [5, 5.41) is 4.82. The fraction of sp³-hybridized carbons (Fsp3) is 0.357. The average Bonchev–Trinajstić information content (AvgIpc) is 3.09. The van der Waals surface area contributed by atoms with Crippen molar-refractivity contribution < 1.29 is 9.63 Å². The van der Waals surface area contributed by atoms with E-state index < -0.39 is 0 Å². The molecule has 1 aromatic heterocycles. The van der Waals surface area contributed by atoms with Gasteiger partial charge in [0, 0.05) is 17.7 Å². The molecule has 4 heteroatoms. The zero-order valence-electron chi connectivity index (χ0n) is 10.4. The minimum atomic E-state index is 0.0813. The second-order valence-electron chi connectivity index (χ2n) is 4.65. The Balaban J connectivity index is 1.84. The molecule has 1 aromatic carbocycles. The van der Waals surface area contributed by atoms with Gasteiger partial charge in [-0.15, -0.1) is 11.3 Å². The van der Waals surface area contributed by atoms with E-state index in [0.29, 0.717) is 5.92 Å². The van der Waals surface area contributed by atoms with E-state index in [2.05, 4.69) is 29.6 Å². The Kier molecular flexibility index (Phi) is 2.84. The maximum atomic E-state index is 12.0. The van der Waals surface area contributed by atoms with E-state index in [-0.39, 0.29) is 11.8 Å². The molecule has 1 aliphatic carbocycles. The molecule has 3 nitrogen and oxygen atoms in total. The Morgan fingerprint density at radius 2 is 2.22 bits per heavy atom. The standard InChI is InChI=1S/C14H15NO2S/c1-15(17-2)14(16)11-7-10(11)12-8-18-13-6-4-3-5-9(12)13/h3-6,8,10-11H,7H2,1-2H3. The summed E-state index contributed by atoms with van der Waals surface area (Å²) in [5.74, 6) is 0.539. The highest BCUT2D eigenvalue weighted by molar-refractivity contribution is 7.17. The number of amides is 1. The minimum Gasteiger partial charge on any atom is -0.275 e. The van der Waals surface area contributed by atoms with Gasteiger partial charge in [0.1, 0.15) is 0 Å². The molecule has 2 atom stereocenters. The van der Waals surface area contributed by atoms with Crippen molar-refractivity contribution in [3.8, 4) is 0 Å². The zero-order chi connectivity index (χ0) is 12.7. The number of carbonyl (C=O) groups is 1. The van der Waals surface area contributed by atoms with Gasteiger partial charge in [-0.25, -0.2) is 5.06 Å². The third-order valence-electron chi connectivity index (χ3n) is 3.60. The molecule has 18 heavy (non-hydrogen) atoms. The summed E-state index contributed by atoms with van der Waals surface area (Å²) in [7, 11) is 3.19. The fourth-order valence-electron chi connectivity index (χ4n) is 2.42. The summed E-state index contributed by atoms with van der Waals surface area (Å²) in [4.78, 5) is 16.9. The van der Waals surface area contributed by atoms with Gasteiger partial charge < -0.3 is 0 Å². The highest BCUT2D eigenvalue weighted by Crippen LogP contribution is 2.51. The molecule has 94 valence electrons. The lowest BCUT2D eigenvalue weighted by atomic mass is 10.1. The topological polar surface area (TPSA) is 29.5 Å². The Hall–Kier alpha value is -1.39. The number of rotatable bonds is 3. The number of carbonyl (C=O) groups excluding carboxylic acids is 1. The first kappa shape index (κ1) is 11.7. The van der Waals surface area contributed by atoms with E-state index in [1.807, 2.05) is 0 Å². The first-order chi connectivity index (χ1) is 8.72. The van der Waals surface area contributed by atoms with E-state index in [1.54, 1.807) is 18.4 Å². The summed E-state index contributed by atoms with van der Waals surface area (Å²) in [6.07, 6.45) is 0.938. The van der Waals surface area contributed by atoms with Crippen molar-refractivity contribution >= 4 is 27.3 Å². The first-order valence-corrected chi connectivity index (χ1v) is 6.88. The first-order valence-electron chi connectivity index (χ1n) is 6.00. The number of nitrogens with zero attached hydrogens (tertiary/aromatic N) is 1. The van der Waals surface area contributed by atoms with Crippen molar-refractivity contribution in [2.24, 2.45) is 5.92 Å². The minimum absolute atomic E-state index is 0.0813. The molecule has 1 amide bonds. The van der Waals surface area contributed by atoms with E-state index in [0.717, 1.165) is 6.42 Å². The number of hydrogen-bond donors (Lipinski definition) is 0. The second-order valence-corrected chi connectivity index (χ2v) is 5.57. The Bertz CT molecular complexity index is 592. The van der Waals surface area contributed by atoms with Gasteiger partial charge in [0.25, 0.3) is 0 Å². The van der Waals surface area contributed by atoms with E-state index in [4.69, 9.17) is 4.84 Å². The Labute approximate surface area is 110 Å². The van der Waals surface area contributed by atoms with Gasteiger partial charge in [0.15, 0.2) is 0 Å². The van der Waals surface area contributed by atoms with Gasteiger partial charge in [-0.1, -0.05) is 18.2 Å². The Morgan fingerprint density at radius 1 is 1.44 bits per heavy atom. The van der Waals surface area contributed by atoms with Gasteiger partial charge in [-0.2, -0.15) is 0 Å². The van der Waals surface area contributed by atoms with E-state index in [9.17, 15) is 4.79 Å². The van der Waals surface area contributed by atoms with Crippen molar-refractivity contribution in [1.29, 1.82) is 0 Å². The fourth-order valence-corrected chi connectivity index (χ4v) is 3.45. The molecular formula is C14H15NO2S. The molecule has 0 radical (unpaired) electrons. The highest BCUT2D eigenvalue weighted by atomic mass is 32.1. The number of fused-ring (bicyclic) bond motifs is 1. The molecule has 2 aromatic rings. The van der Waals surface area contributed by atoms with Crippen LogP contribution < -0.4 is 0 Å². The normalized spacial score (nSPS) is 22.1. The summed E-state index contributed by atoms with van der Waals surface area (Å²) in [6.45, 7) is 0. The third-order valence-corrected chi connectivity index (χ3v) is 4.58. The number of thiophene rings is 1. The number of benzene rings is 1. The largest absolute Gasteiger partial charge is 0.275 e. The van der Waals surface area contributed by atoms with Crippen LogP contribution in [0.25, 0.3) is 10.1 Å². The van der Waals surface area contributed by atoms with Crippen LogP contribution >= 0.6 is 11.3 Å². The van der Waals surface area contributed by atoms with E-state index >= 15 is 0 Å². The molecular weight excluding hydrogens is 246 g/mol. The smallest absolute Gasteiger partial charge is 0.249 e. The molecule has 1 heterocycles. The van der Waals surface area contributed by atoms with Crippen LogP contribution in [0.1, 0.15) is 17.9 Å². The van der Waals surface area contributed by atoms with E-state index in [1.165, 1.54) is 27.8 Å². The highest BCUT2D eigenvalue weighted by Gasteiger charge is 2.46. The average molecular weight is 261 g/mol. The quantitative estimate of drug-likeness (QED) is 0.795. The van der Waals surface area contributed by atoms with Crippen LogP contribution in [-0.2, 0) is 9.63 Å². The SMILES string of the molecule is CON(C)C(=O)C1CC1c1csc2ccccc12. The van der Waals surface area contributed by atoms with Crippen LogP contribution in [0.2, 0.25) is 0 Å². The lowest BCUT2D eigenvalue weighted by Gasteiger charge is -2.13. The van der Waals surface area contributed by atoms with Crippen LogP contribution in [0.4, 0.5) is 0 Å². The molecule has 3 rings (SSSR count).